The Labute approximate surface area is 153 Å². The van der Waals surface area contributed by atoms with Crippen LogP contribution in [-0.2, 0) is 0 Å². The highest BCUT2D eigenvalue weighted by molar-refractivity contribution is 14.1. The molecule has 0 nitrogen and oxygen atoms in total. The van der Waals surface area contributed by atoms with E-state index in [4.69, 9.17) is 0 Å². The van der Waals surface area contributed by atoms with Gasteiger partial charge >= 0.3 is 0 Å². The maximum Gasteiger partial charge on any atom is 0.0258 e. The molecule has 3 heteroatoms. The highest BCUT2D eigenvalue weighted by Crippen LogP contribution is 2.55. The summed E-state index contributed by atoms with van der Waals surface area (Å²) < 4.78 is 1.53. The molecule has 1 aliphatic heterocycles. The van der Waals surface area contributed by atoms with Gasteiger partial charge in [-0.15, -0.1) is 0 Å². The van der Waals surface area contributed by atoms with Crippen molar-refractivity contribution in [1.29, 1.82) is 0 Å². The lowest BCUT2D eigenvalue weighted by molar-refractivity contribution is 0.814. The monoisotopic (exact) mass is 434 g/mol. The molecule has 22 heavy (non-hydrogen) atoms. The molecule has 0 spiro atoms. The molecule has 1 heterocycles. The van der Waals surface area contributed by atoms with Crippen molar-refractivity contribution in [2.75, 3.05) is 0 Å². The van der Waals surface area contributed by atoms with Crippen molar-refractivity contribution in [2.24, 2.45) is 0 Å². The number of hydrogen-bond donors (Lipinski definition) is 0. The SMILES string of the molecule is IC1=C2Sc3ccccc3C(Sc3ccccc3)=C2CCC1. The largest absolute Gasteiger partial charge is 0.0891 e. The Morgan fingerprint density at radius 3 is 2.55 bits per heavy atom. The lowest BCUT2D eigenvalue weighted by Gasteiger charge is -2.29. The number of benzene rings is 2. The van der Waals surface area contributed by atoms with Crippen LogP contribution in [-0.4, -0.2) is 0 Å². The third-order valence-corrected chi connectivity index (χ3v) is 7.82. The topological polar surface area (TPSA) is 0 Å². The van der Waals surface area contributed by atoms with E-state index in [0.717, 1.165) is 0 Å². The molecule has 0 amide bonds. The lowest BCUT2D eigenvalue weighted by atomic mass is 9.98. The first-order chi connectivity index (χ1) is 10.8. The molecule has 0 N–H and O–H groups in total. The van der Waals surface area contributed by atoms with Crippen molar-refractivity contribution in [1.82, 2.24) is 0 Å². The summed E-state index contributed by atoms with van der Waals surface area (Å²) in [5.74, 6) is 0. The van der Waals surface area contributed by atoms with Gasteiger partial charge in [0.25, 0.3) is 0 Å². The van der Waals surface area contributed by atoms with Crippen LogP contribution >= 0.6 is 46.1 Å². The number of fused-ring (bicyclic) bond motifs is 2. The highest BCUT2D eigenvalue weighted by Gasteiger charge is 2.27. The zero-order chi connectivity index (χ0) is 14.9. The number of hydrogen-bond acceptors (Lipinski definition) is 2. The van der Waals surface area contributed by atoms with Crippen LogP contribution in [0.1, 0.15) is 24.8 Å². The van der Waals surface area contributed by atoms with Crippen molar-refractivity contribution < 1.29 is 0 Å². The molecule has 2 aromatic rings. The quantitative estimate of drug-likeness (QED) is 0.462. The van der Waals surface area contributed by atoms with Crippen LogP contribution in [0, 0.1) is 0 Å². The molecular formula is C19H15IS2. The van der Waals surface area contributed by atoms with Crippen LogP contribution in [0.2, 0.25) is 0 Å². The van der Waals surface area contributed by atoms with E-state index in [-0.39, 0.29) is 0 Å². The summed E-state index contributed by atoms with van der Waals surface area (Å²) in [5, 5.41) is 0. The zero-order valence-corrected chi connectivity index (χ0v) is 15.8. The fourth-order valence-corrected chi connectivity index (χ4v) is 6.38. The van der Waals surface area contributed by atoms with E-state index in [1.54, 1.807) is 5.57 Å². The summed E-state index contributed by atoms with van der Waals surface area (Å²) in [4.78, 5) is 5.70. The van der Waals surface area contributed by atoms with Gasteiger partial charge in [0.15, 0.2) is 0 Å². The molecule has 2 aliphatic rings. The van der Waals surface area contributed by atoms with Gasteiger partial charge in [0.05, 0.1) is 0 Å². The fraction of sp³-hybridized carbons (Fsp3) is 0.158. The molecule has 0 fully saturated rings. The maximum absolute atomic E-state index is 2.55. The Bertz CT molecular complexity index is 775. The van der Waals surface area contributed by atoms with Crippen molar-refractivity contribution >= 4 is 51.0 Å². The average Bonchev–Trinajstić information content (AvgIpc) is 2.57. The number of thioether (sulfide) groups is 2. The van der Waals surface area contributed by atoms with Gasteiger partial charge in [0, 0.05) is 28.7 Å². The van der Waals surface area contributed by atoms with Crippen molar-refractivity contribution in [2.45, 2.75) is 29.1 Å². The zero-order valence-electron chi connectivity index (χ0n) is 12.0. The van der Waals surface area contributed by atoms with Gasteiger partial charge in [0.1, 0.15) is 0 Å². The summed E-state index contributed by atoms with van der Waals surface area (Å²) in [5.41, 5.74) is 2.97. The molecule has 2 aromatic carbocycles. The van der Waals surface area contributed by atoms with Crippen molar-refractivity contribution in [3.05, 3.63) is 74.2 Å². The molecule has 0 radical (unpaired) electrons. The van der Waals surface area contributed by atoms with Crippen LogP contribution in [0.25, 0.3) is 4.91 Å². The van der Waals surface area contributed by atoms with Gasteiger partial charge in [-0.1, -0.05) is 59.9 Å². The second-order valence-corrected chi connectivity index (χ2v) is 8.85. The summed E-state index contributed by atoms with van der Waals surface area (Å²) in [7, 11) is 0. The Morgan fingerprint density at radius 2 is 1.68 bits per heavy atom. The number of halogens is 1. The third kappa shape index (κ3) is 2.79. The van der Waals surface area contributed by atoms with Crippen LogP contribution in [0.15, 0.2) is 78.4 Å². The Hall–Kier alpha value is -0.650. The van der Waals surface area contributed by atoms with Gasteiger partial charge in [-0.25, -0.2) is 0 Å². The summed E-state index contributed by atoms with van der Waals surface area (Å²) in [6.07, 6.45) is 3.72. The average molecular weight is 434 g/mol. The van der Waals surface area contributed by atoms with Gasteiger partial charge < -0.3 is 0 Å². The lowest BCUT2D eigenvalue weighted by Crippen LogP contribution is -2.05. The highest BCUT2D eigenvalue weighted by atomic mass is 127. The van der Waals surface area contributed by atoms with Crippen molar-refractivity contribution in [3.63, 3.8) is 0 Å². The van der Waals surface area contributed by atoms with E-state index >= 15 is 0 Å². The Morgan fingerprint density at radius 1 is 0.909 bits per heavy atom. The molecule has 110 valence electrons. The predicted octanol–water partition coefficient (Wildman–Crippen LogP) is 7.13. The van der Waals surface area contributed by atoms with Gasteiger partial charge in [-0.3, -0.25) is 0 Å². The summed E-state index contributed by atoms with van der Waals surface area (Å²) in [6.45, 7) is 0. The van der Waals surface area contributed by atoms with E-state index < -0.39 is 0 Å². The Kier molecular flexibility index (Phi) is 4.38. The van der Waals surface area contributed by atoms with Crippen molar-refractivity contribution in [3.8, 4) is 0 Å². The minimum absolute atomic E-state index is 1.21. The van der Waals surface area contributed by atoms with Gasteiger partial charge in [0.2, 0.25) is 0 Å². The summed E-state index contributed by atoms with van der Waals surface area (Å²) in [6, 6.07) is 19.6. The van der Waals surface area contributed by atoms with E-state index in [9.17, 15) is 0 Å². The Balaban J connectivity index is 1.88. The second-order valence-electron chi connectivity index (χ2n) is 5.41. The molecule has 0 saturated carbocycles. The number of allylic oxidation sites excluding steroid dienone is 2. The fourth-order valence-electron chi connectivity index (χ4n) is 2.88. The molecular weight excluding hydrogens is 419 g/mol. The van der Waals surface area contributed by atoms with E-state index in [0.29, 0.717) is 0 Å². The molecule has 0 aromatic heterocycles. The normalized spacial score (nSPS) is 17.3. The summed E-state index contributed by atoms with van der Waals surface area (Å²) >= 11 is 6.43. The minimum Gasteiger partial charge on any atom is -0.0891 e. The van der Waals surface area contributed by atoms with Crippen LogP contribution in [0.3, 0.4) is 0 Å². The third-order valence-electron chi connectivity index (χ3n) is 3.92. The molecule has 4 rings (SSSR count). The van der Waals surface area contributed by atoms with Gasteiger partial charge in [-0.05, 0) is 65.6 Å². The van der Waals surface area contributed by atoms with Crippen LogP contribution < -0.4 is 0 Å². The van der Waals surface area contributed by atoms with Crippen LogP contribution in [0.5, 0.6) is 0 Å². The second kappa shape index (κ2) is 6.46. The first-order valence-electron chi connectivity index (χ1n) is 7.45. The molecule has 0 saturated heterocycles. The standard InChI is InChI=1S/C19H15IS2/c20-16-11-6-10-15-18(21-13-7-2-1-3-8-13)14-9-4-5-12-17(14)22-19(15)16/h1-5,7-9,12H,6,10-11H2. The molecule has 1 aliphatic carbocycles. The van der Waals surface area contributed by atoms with Crippen LogP contribution in [0.4, 0.5) is 0 Å². The van der Waals surface area contributed by atoms with E-state index in [1.807, 2.05) is 23.5 Å². The first-order valence-corrected chi connectivity index (χ1v) is 10.2. The molecule has 0 unspecified atom stereocenters. The molecule has 0 bridgehead atoms. The van der Waals surface area contributed by atoms with Gasteiger partial charge in [-0.2, -0.15) is 0 Å². The van der Waals surface area contributed by atoms with E-state index in [2.05, 4.69) is 77.2 Å². The predicted molar refractivity (Wildman–Crippen MR) is 106 cm³/mol. The molecule has 0 atom stereocenters. The minimum atomic E-state index is 1.21. The number of rotatable bonds is 2. The first kappa shape index (κ1) is 14.9. The smallest absolute Gasteiger partial charge is 0.0258 e. The van der Waals surface area contributed by atoms with E-state index in [1.165, 1.54) is 48.0 Å². The maximum atomic E-state index is 2.55.